The lowest BCUT2D eigenvalue weighted by molar-refractivity contribution is -0.138. The number of carbonyl (C=O) groups excluding carboxylic acids is 1. The van der Waals surface area contributed by atoms with Gasteiger partial charge in [-0.15, -0.1) is 5.10 Å². The van der Waals surface area contributed by atoms with E-state index in [0.29, 0.717) is 32.1 Å². The van der Waals surface area contributed by atoms with Gasteiger partial charge in [-0.25, -0.2) is 0 Å². The van der Waals surface area contributed by atoms with Gasteiger partial charge in [-0.05, 0) is 29.8 Å². The molecule has 0 bridgehead atoms. The lowest BCUT2D eigenvalue weighted by Gasteiger charge is -2.12. The third-order valence-electron chi connectivity index (χ3n) is 4.15. The molecule has 1 heterocycles. The summed E-state index contributed by atoms with van der Waals surface area (Å²) in [4.78, 5) is 22.5. The van der Waals surface area contributed by atoms with Crippen LogP contribution in [0, 0.1) is 0 Å². The Labute approximate surface area is 202 Å². The Morgan fingerprint density at radius 2 is 1.94 bits per heavy atom. The Balaban J connectivity index is 1.70. The average molecular weight is 517 g/mol. The van der Waals surface area contributed by atoms with Crippen molar-refractivity contribution >= 4 is 69.8 Å². The van der Waals surface area contributed by atoms with Gasteiger partial charge in [0.15, 0.2) is 5.17 Å². The van der Waals surface area contributed by atoms with Crippen LogP contribution in [0.1, 0.15) is 17.5 Å². The van der Waals surface area contributed by atoms with Crippen LogP contribution in [-0.2, 0) is 16.2 Å². The zero-order valence-corrected chi connectivity index (χ0v) is 19.6. The summed E-state index contributed by atoms with van der Waals surface area (Å²) in [5.41, 5.74) is 1.42. The smallest absolute Gasteiger partial charge is 0.305 e. The number of carbonyl (C=O) groups is 2. The zero-order valence-electron chi connectivity index (χ0n) is 16.5. The van der Waals surface area contributed by atoms with E-state index in [9.17, 15) is 9.59 Å². The molecule has 0 aliphatic carbocycles. The molecule has 2 aromatic carbocycles. The van der Waals surface area contributed by atoms with Crippen molar-refractivity contribution in [2.24, 2.45) is 10.2 Å². The van der Waals surface area contributed by atoms with Crippen molar-refractivity contribution in [3.63, 3.8) is 0 Å². The fraction of sp³-hybridized carbons (Fsp3) is 0.200. The molecule has 1 saturated heterocycles. The molecule has 1 unspecified atom stereocenters. The van der Waals surface area contributed by atoms with Crippen LogP contribution in [0.25, 0.3) is 0 Å². The van der Waals surface area contributed by atoms with Crippen molar-refractivity contribution in [2.75, 3.05) is 7.11 Å². The number of nitrogens with zero attached hydrogens (tertiary/aromatic N) is 2. The number of halogens is 3. The van der Waals surface area contributed by atoms with Gasteiger partial charge in [0.2, 0.25) is 5.91 Å². The Morgan fingerprint density at radius 3 is 2.66 bits per heavy atom. The summed E-state index contributed by atoms with van der Waals surface area (Å²) in [6, 6.07) is 8.35. The number of amides is 1. The Bertz CT molecular complexity index is 1110. The predicted molar refractivity (Wildman–Crippen MR) is 126 cm³/mol. The summed E-state index contributed by atoms with van der Waals surface area (Å²) < 4.78 is 11.1. The number of amidine groups is 1. The molecule has 3 rings (SSSR count). The molecule has 1 amide bonds. The first-order valence-electron chi connectivity index (χ1n) is 9.01. The first kappa shape index (κ1) is 24.2. The number of methoxy groups -OCH3 is 1. The first-order valence-corrected chi connectivity index (χ1v) is 11.0. The van der Waals surface area contributed by atoms with Crippen LogP contribution >= 0.6 is 46.6 Å². The largest absolute Gasteiger partial charge is 0.496 e. The molecule has 0 spiro atoms. The molecule has 0 saturated carbocycles. The maximum Gasteiger partial charge on any atom is 0.305 e. The molecule has 1 aliphatic heterocycles. The number of thioether (sulfide) groups is 1. The minimum absolute atomic E-state index is 0.139. The quantitative estimate of drug-likeness (QED) is 0.301. The van der Waals surface area contributed by atoms with Gasteiger partial charge >= 0.3 is 5.97 Å². The van der Waals surface area contributed by atoms with Gasteiger partial charge in [-0.2, -0.15) is 5.10 Å². The topological polar surface area (TPSA) is 110 Å². The maximum absolute atomic E-state index is 11.7. The molecule has 168 valence electrons. The third-order valence-corrected chi connectivity index (χ3v) is 6.24. The first-order chi connectivity index (χ1) is 15.3. The van der Waals surface area contributed by atoms with Gasteiger partial charge in [-0.3, -0.25) is 9.59 Å². The summed E-state index contributed by atoms with van der Waals surface area (Å²) in [5, 5.41) is 19.7. The number of hydrogen-bond acceptors (Lipinski definition) is 7. The standard InChI is InChI=1S/C20H16Cl3N3O5S/c1-30-15-3-2-10(8-24-26-20-25-19(29)17(32-20)7-18(27)28)4-11(15)9-31-16-6-13(22)12(21)5-14(16)23/h2-6,8,17H,7,9H2,1H3,(H,27,28)(H,25,26,29). The molecule has 0 aromatic heterocycles. The number of carboxylic acid groups (broad SMARTS) is 1. The van der Waals surface area contributed by atoms with E-state index in [1.807, 2.05) is 0 Å². The predicted octanol–water partition coefficient (Wildman–Crippen LogP) is 4.63. The number of nitrogens with one attached hydrogen (secondary N) is 1. The number of carboxylic acids is 1. The SMILES string of the molecule is COc1ccc(C=NN=C2NC(=O)C(CC(=O)O)S2)cc1COc1cc(Cl)c(Cl)cc1Cl. The van der Waals surface area contributed by atoms with Gasteiger partial charge < -0.3 is 19.9 Å². The highest BCUT2D eigenvalue weighted by atomic mass is 35.5. The fourth-order valence-corrected chi connectivity index (χ4v) is 4.16. The van der Waals surface area contributed by atoms with E-state index in [0.717, 1.165) is 17.3 Å². The molecule has 2 N–H and O–H groups in total. The van der Waals surface area contributed by atoms with Crippen molar-refractivity contribution in [2.45, 2.75) is 18.3 Å². The minimum atomic E-state index is -1.06. The van der Waals surface area contributed by atoms with Crippen LogP contribution in [0.5, 0.6) is 11.5 Å². The lowest BCUT2D eigenvalue weighted by atomic mass is 10.1. The second-order valence-corrected chi connectivity index (χ2v) is 8.81. The van der Waals surface area contributed by atoms with E-state index in [1.54, 1.807) is 18.2 Å². The zero-order chi connectivity index (χ0) is 23.3. The molecule has 1 aliphatic rings. The third kappa shape index (κ3) is 6.29. The number of hydrogen-bond donors (Lipinski definition) is 2. The molecule has 12 heteroatoms. The lowest BCUT2D eigenvalue weighted by Crippen LogP contribution is -2.26. The van der Waals surface area contributed by atoms with E-state index < -0.39 is 17.1 Å². The highest BCUT2D eigenvalue weighted by Crippen LogP contribution is 2.34. The summed E-state index contributed by atoms with van der Waals surface area (Å²) in [5.74, 6) is -0.494. The Kier molecular flexibility index (Phi) is 8.25. The highest BCUT2D eigenvalue weighted by Gasteiger charge is 2.32. The molecule has 0 radical (unpaired) electrons. The number of benzene rings is 2. The molecule has 2 aromatic rings. The number of ether oxygens (including phenoxy) is 2. The molecule has 1 fully saturated rings. The second kappa shape index (κ2) is 10.9. The van der Waals surface area contributed by atoms with Crippen molar-refractivity contribution < 1.29 is 24.2 Å². The van der Waals surface area contributed by atoms with Gasteiger partial charge in [0.25, 0.3) is 0 Å². The van der Waals surface area contributed by atoms with E-state index >= 15 is 0 Å². The summed E-state index contributed by atoms with van der Waals surface area (Å²) in [7, 11) is 1.54. The van der Waals surface area contributed by atoms with Gasteiger partial charge in [0.1, 0.15) is 23.4 Å². The Hall–Kier alpha value is -2.46. The van der Waals surface area contributed by atoms with Crippen LogP contribution in [0.4, 0.5) is 0 Å². The van der Waals surface area contributed by atoms with Crippen molar-refractivity contribution in [1.82, 2.24) is 5.32 Å². The number of rotatable bonds is 8. The Morgan fingerprint density at radius 1 is 1.19 bits per heavy atom. The van der Waals surface area contributed by atoms with E-state index in [4.69, 9.17) is 49.4 Å². The maximum atomic E-state index is 11.7. The normalized spacial score (nSPS) is 17.1. The second-order valence-electron chi connectivity index (χ2n) is 6.40. The molecule has 32 heavy (non-hydrogen) atoms. The highest BCUT2D eigenvalue weighted by molar-refractivity contribution is 8.15. The number of aliphatic carboxylic acids is 1. The van der Waals surface area contributed by atoms with Gasteiger partial charge in [-0.1, -0.05) is 46.6 Å². The molecule has 1 atom stereocenters. The van der Waals surface area contributed by atoms with Crippen LogP contribution < -0.4 is 14.8 Å². The van der Waals surface area contributed by atoms with Crippen molar-refractivity contribution in [3.05, 3.63) is 56.5 Å². The monoisotopic (exact) mass is 515 g/mol. The molecular formula is C20H16Cl3N3O5S. The van der Waals surface area contributed by atoms with Crippen molar-refractivity contribution in [1.29, 1.82) is 0 Å². The summed E-state index contributed by atoms with van der Waals surface area (Å²) in [6.07, 6.45) is 1.20. The van der Waals surface area contributed by atoms with Crippen LogP contribution in [0.15, 0.2) is 40.5 Å². The summed E-state index contributed by atoms with van der Waals surface area (Å²) in [6.45, 7) is 0.139. The molecular weight excluding hydrogens is 501 g/mol. The van der Waals surface area contributed by atoms with Crippen molar-refractivity contribution in [3.8, 4) is 11.5 Å². The van der Waals surface area contributed by atoms with E-state index in [2.05, 4.69) is 15.5 Å². The average Bonchev–Trinajstić information content (AvgIpc) is 3.08. The summed E-state index contributed by atoms with van der Waals surface area (Å²) >= 11 is 19.1. The van der Waals surface area contributed by atoms with Crippen LogP contribution in [-0.4, -0.2) is 40.7 Å². The van der Waals surface area contributed by atoms with Gasteiger partial charge in [0.05, 0.1) is 34.8 Å². The van der Waals surface area contributed by atoms with E-state index in [1.165, 1.54) is 25.5 Å². The van der Waals surface area contributed by atoms with Crippen LogP contribution in [0.3, 0.4) is 0 Å². The van der Waals surface area contributed by atoms with Crippen LogP contribution in [0.2, 0.25) is 15.1 Å². The van der Waals surface area contributed by atoms with E-state index in [-0.39, 0.29) is 18.2 Å². The van der Waals surface area contributed by atoms with Gasteiger partial charge in [0, 0.05) is 11.6 Å². The minimum Gasteiger partial charge on any atom is -0.496 e. The molecule has 8 nitrogen and oxygen atoms in total. The fourth-order valence-electron chi connectivity index (χ4n) is 2.66.